The molecule has 0 aliphatic carbocycles. The van der Waals surface area contributed by atoms with E-state index in [0.717, 1.165) is 32.3 Å². The van der Waals surface area contributed by atoms with Gasteiger partial charge in [0.25, 0.3) is 0 Å². The molecule has 0 aromatic rings. The highest BCUT2D eigenvalue weighted by atomic mass is 16.5. The van der Waals surface area contributed by atoms with Crippen molar-refractivity contribution in [3.63, 3.8) is 0 Å². The second kappa shape index (κ2) is 3.58. The fourth-order valence-electron chi connectivity index (χ4n) is 1.32. The first-order valence-corrected chi connectivity index (χ1v) is 3.81. The number of rotatable bonds is 4. The van der Waals surface area contributed by atoms with Crippen molar-refractivity contribution >= 4 is 0 Å². The largest absolute Gasteiger partial charge is 0.516 e. The molecule has 11 heavy (non-hydrogen) atoms. The van der Waals surface area contributed by atoms with Gasteiger partial charge in [-0.3, -0.25) is 0 Å². The standard InChI is InChI=1S/C9H14O2/c1-2-4-9(5-3-6-10)7-11-8-9/h2-3,6,10H,1,4-5,7-8H2. The highest BCUT2D eigenvalue weighted by molar-refractivity contribution is 4.96. The van der Waals surface area contributed by atoms with Gasteiger partial charge in [-0.25, -0.2) is 0 Å². The minimum atomic E-state index is 0.237. The average Bonchev–Trinajstić information content (AvgIpc) is 1.95. The Balaban J connectivity index is 2.39. The number of aliphatic hydroxyl groups is 1. The van der Waals surface area contributed by atoms with Crippen LogP contribution in [0.2, 0.25) is 0 Å². The van der Waals surface area contributed by atoms with E-state index in [1.54, 1.807) is 6.08 Å². The number of aliphatic hydroxyl groups excluding tert-OH is 1. The third-order valence-electron chi connectivity index (χ3n) is 2.05. The SMILES string of the molecule is C=CCC1(CC=CO)COC1. The number of allylic oxidation sites excluding steroid dienone is 2. The van der Waals surface area contributed by atoms with E-state index >= 15 is 0 Å². The van der Waals surface area contributed by atoms with Crippen LogP contribution in [0.25, 0.3) is 0 Å². The van der Waals surface area contributed by atoms with Crippen LogP contribution >= 0.6 is 0 Å². The molecule has 0 bridgehead atoms. The zero-order chi connectivity index (χ0) is 8.16. The first kappa shape index (κ1) is 8.34. The Morgan fingerprint density at radius 3 is 2.55 bits per heavy atom. The molecule has 0 unspecified atom stereocenters. The van der Waals surface area contributed by atoms with E-state index in [2.05, 4.69) is 6.58 Å². The lowest BCUT2D eigenvalue weighted by atomic mass is 9.79. The van der Waals surface area contributed by atoms with Gasteiger partial charge < -0.3 is 9.84 Å². The van der Waals surface area contributed by atoms with Gasteiger partial charge >= 0.3 is 0 Å². The molecular weight excluding hydrogens is 140 g/mol. The molecule has 1 rings (SSSR count). The molecule has 0 spiro atoms. The van der Waals surface area contributed by atoms with Gasteiger partial charge in [0.05, 0.1) is 19.5 Å². The molecule has 0 saturated carbocycles. The molecule has 0 atom stereocenters. The lowest BCUT2D eigenvalue weighted by molar-refractivity contribution is -0.109. The molecule has 0 aromatic heterocycles. The van der Waals surface area contributed by atoms with E-state index in [1.165, 1.54) is 0 Å². The molecule has 1 fully saturated rings. The number of ether oxygens (including phenoxy) is 1. The minimum absolute atomic E-state index is 0.237. The van der Waals surface area contributed by atoms with Crippen molar-refractivity contribution in [2.24, 2.45) is 5.41 Å². The normalized spacial score (nSPS) is 21.5. The Bertz CT molecular complexity index is 157. The summed E-state index contributed by atoms with van der Waals surface area (Å²) in [6.45, 7) is 5.28. The smallest absolute Gasteiger partial charge is 0.0752 e. The molecule has 62 valence electrons. The van der Waals surface area contributed by atoms with Gasteiger partial charge in [0.1, 0.15) is 0 Å². The highest BCUT2D eigenvalue weighted by Crippen LogP contribution is 2.35. The van der Waals surface area contributed by atoms with Gasteiger partial charge in [-0.15, -0.1) is 6.58 Å². The quantitative estimate of drug-likeness (QED) is 0.496. The summed E-state index contributed by atoms with van der Waals surface area (Å²) in [5.41, 5.74) is 0.237. The van der Waals surface area contributed by atoms with Gasteiger partial charge in [0, 0.05) is 5.41 Å². The zero-order valence-corrected chi connectivity index (χ0v) is 6.62. The van der Waals surface area contributed by atoms with Gasteiger partial charge in [-0.1, -0.05) is 6.08 Å². The maximum Gasteiger partial charge on any atom is 0.0752 e. The van der Waals surface area contributed by atoms with E-state index in [1.807, 2.05) is 6.08 Å². The van der Waals surface area contributed by atoms with Gasteiger partial charge in [-0.05, 0) is 18.9 Å². The summed E-state index contributed by atoms with van der Waals surface area (Å²) in [5.74, 6) is 0. The topological polar surface area (TPSA) is 29.5 Å². The summed E-state index contributed by atoms with van der Waals surface area (Å²) in [4.78, 5) is 0. The lowest BCUT2D eigenvalue weighted by Crippen LogP contribution is -2.41. The average molecular weight is 154 g/mol. The van der Waals surface area contributed by atoms with Crippen molar-refractivity contribution < 1.29 is 9.84 Å². The Hall–Kier alpha value is -0.760. The molecular formula is C9H14O2. The minimum Gasteiger partial charge on any atom is -0.516 e. The highest BCUT2D eigenvalue weighted by Gasteiger charge is 2.35. The van der Waals surface area contributed by atoms with Crippen LogP contribution in [-0.4, -0.2) is 18.3 Å². The second-order valence-electron chi connectivity index (χ2n) is 3.07. The fourth-order valence-corrected chi connectivity index (χ4v) is 1.32. The molecule has 0 amide bonds. The summed E-state index contributed by atoms with van der Waals surface area (Å²) < 4.78 is 5.12. The van der Waals surface area contributed by atoms with Crippen molar-refractivity contribution in [3.05, 3.63) is 25.0 Å². The molecule has 2 nitrogen and oxygen atoms in total. The van der Waals surface area contributed by atoms with E-state index < -0.39 is 0 Å². The zero-order valence-electron chi connectivity index (χ0n) is 6.62. The van der Waals surface area contributed by atoms with Crippen LogP contribution in [0, 0.1) is 5.41 Å². The summed E-state index contributed by atoms with van der Waals surface area (Å²) in [6.07, 6.45) is 6.63. The van der Waals surface area contributed by atoms with Crippen LogP contribution < -0.4 is 0 Å². The van der Waals surface area contributed by atoms with E-state index in [9.17, 15) is 0 Å². The molecule has 1 aliphatic rings. The van der Waals surface area contributed by atoms with Crippen molar-refractivity contribution in [2.75, 3.05) is 13.2 Å². The molecule has 1 heterocycles. The third kappa shape index (κ3) is 1.84. The maximum atomic E-state index is 8.47. The monoisotopic (exact) mass is 154 g/mol. The van der Waals surface area contributed by atoms with Gasteiger partial charge in [0.15, 0.2) is 0 Å². The summed E-state index contributed by atoms with van der Waals surface area (Å²) in [7, 11) is 0. The molecule has 1 aliphatic heterocycles. The van der Waals surface area contributed by atoms with Crippen molar-refractivity contribution in [1.29, 1.82) is 0 Å². The van der Waals surface area contributed by atoms with Crippen LogP contribution in [0.3, 0.4) is 0 Å². The van der Waals surface area contributed by atoms with Gasteiger partial charge in [-0.2, -0.15) is 0 Å². The predicted molar refractivity (Wildman–Crippen MR) is 44.5 cm³/mol. The van der Waals surface area contributed by atoms with Crippen molar-refractivity contribution in [3.8, 4) is 0 Å². The maximum absolute atomic E-state index is 8.47. The Morgan fingerprint density at radius 1 is 1.45 bits per heavy atom. The van der Waals surface area contributed by atoms with Crippen LogP contribution in [0.15, 0.2) is 25.0 Å². The fraction of sp³-hybridized carbons (Fsp3) is 0.556. The van der Waals surface area contributed by atoms with Crippen LogP contribution in [0.1, 0.15) is 12.8 Å². The van der Waals surface area contributed by atoms with E-state index in [4.69, 9.17) is 9.84 Å². The van der Waals surface area contributed by atoms with Crippen molar-refractivity contribution in [2.45, 2.75) is 12.8 Å². The molecule has 2 heteroatoms. The summed E-state index contributed by atoms with van der Waals surface area (Å²) in [5, 5.41) is 8.47. The molecule has 0 aromatic carbocycles. The first-order valence-electron chi connectivity index (χ1n) is 3.81. The van der Waals surface area contributed by atoms with Crippen LogP contribution in [0.5, 0.6) is 0 Å². The number of hydrogen-bond acceptors (Lipinski definition) is 2. The first-order chi connectivity index (χ1) is 5.33. The molecule has 0 radical (unpaired) electrons. The van der Waals surface area contributed by atoms with Gasteiger partial charge in [0.2, 0.25) is 0 Å². The van der Waals surface area contributed by atoms with Crippen molar-refractivity contribution in [1.82, 2.24) is 0 Å². The van der Waals surface area contributed by atoms with Crippen LogP contribution in [-0.2, 0) is 4.74 Å². The summed E-state index contributed by atoms with van der Waals surface area (Å²) in [6, 6.07) is 0. The molecule has 1 saturated heterocycles. The summed E-state index contributed by atoms with van der Waals surface area (Å²) >= 11 is 0. The predicted octanol–water partition coefficient (Wildman–Crippen LogP) is 2.04. The molecule has 1 N–H and O–H groups in total. The Morgan fingerprint density at radius 2 is 2.18 bits per heavy atom. The number of hydrogen-bond donors (Lipinski definition) is 1. The van der Waals surface area contributed by atoms with Crippen LogP contribution in [0.4, 0.5) is 0 Å². The lowest BCUT2D eigenvalue weighted by Gasteiger charge is -2.40. The second-order valence-corrected chi connectivity index (χ2v) is 3.07. The van der Waals surface area contributed by atoms with E-state index in [-0.39, 0.29) is 5.41 Å². The Labute approximate surface area is 67.2 Å². The third-order valence-corrected chi connectivity index (χ3v) is 2.05. The van der Waals surface area contributed by atoms with E-state index in [0.29, 0.717) is 0 Å². The Kier molecular flexibility index (Phi) is 2.71.